The fourth-order valence-corrected chi connectivity index (χ4v) is 1.98. The maximum atomic E-state index is 12.2. The van der Waals surface area contributed by atoms with Crippen molar-refractivity contribution in [3.63, 3.8) is 0 Å². The van der Waals surface area contributed by atoms with Crippen molar-refractivity contribution in [2.45, 2.75) is 39.7 Å². The number of nitrogens with zero attached hydrogens (tertiary/aromatic N) is 1. The molecule has 0 saturated carbocycles. The first kappa shape index (κ1) is 15.5. The number of piperidine rings is 1. The van der Waals surface area contributed by atoms with Crippen molar-refractivity contribution in [2.24, 2.45) is 11.8 Å². The van der Waals surface area contributed by atoms with Crippen molar-refractivity contribution in [1.29, 1.82) is 0 Å². The molecule has 0 spiro atoms. The summed E-state index contributed by atoms with van der Waals surface area (Å²) in [7, 11) is 1.23. The average molecular weight is 271 g/mol. The molecule has 1 rings (SSSR count). The number of amides is 2. The van der Waals surface area contributed by atoms with E-state index in [1.165, 1.54) is 7.11 Å². The highest BCUT2D eigenvalue weighted by Gasteiger charge is 2.43. The summed E-state index contributed by atoms with van der Waals surface area (Å²) in [6.07, 6.45) is -0.150. The predicted molar refractivity (Wildman–Crippen MR) is 67.2 cm³/mol. The molecule has 0 aromatic carbocycles. The van der Waals surface area contributed by atoms with Crippen molar-refractivity contribution in [3.05, 3.63) is 0 Å². The molecule has 6 nitrogen and oxygen atoms in total. The van der Waals surface area contributed by atoms with Crippen molar-refractivity contribution < 1.29 is 23.9 Å². The number of carbonyl (C=O) groups excluding carboxylic acids is 3. The van der Waals surface area contributed by atoms with Crippen molar-refractivity contribution in [2.75, 3.05) is 13.7 Å². The summed E-state index contributed by atoms with van der Waals surface area (Å²) in [6.45, 7) is 7.23. The van der Waals surface area contributed by atoms with Gasteiger partial charge in [-0.3, -0.25) is 9.59 Å². The number of esters is 1. The van der Waals surface area contributed by atoms with Crippen LogP contribution in [-0.4, -0.2) is 42.1 Å². The highest BCUT2D eigenvalue weighted by Crippen LogP contribution is 2.26. The summed E-state index contributed by atoms with van der Waals surface area (Å²) >= 11 is 0. The van der Waals surface area contributed by atoms with Crippen LogP contribution in [0.4, 0.5) is 4.79 Å². The van der Waals surface area contributed by atoms with Gasteiger partial charge in [0, 0.05) is 6.54 Å². The molecule has 0 bridgehead atoms. The van der Waals surface area contributed by atoms with Crippen molar-refractivity contribution >= 4 is 18.0 Å². The summed E-state index contributed by atoms with van der Waals surface area (Å²) in [5.41, 5.74) is -0.679. The van der Waals surface area contributed by atoms with Gasteiger partial charge in [0.25, 0.3) is 0 Å². The highest BCUT2D eigenvalue weighted by atomic mass is 16.6. The molecule has 0 aromatic heterocycles. The molecule has 2 atom stereocenters. The van der Waals surface area contributed by atoms with Crippen LogP contribution in [0.1, 0.15) is 34.1 Å². The van der Waals surface area contributed by atoms with E-state index in [0.717, 1.165) is 4.90 Å². The van der Waals surface area contributed by atoms with E-state index < -0.39 is 29.5 Å². The van der Waals surface area contributed by atoms with Gasteiger partial charge in [0.05, 0.1) is 7.11 Å². The van der Waals surface area contributed by atoms with Gasteiger partial charge >= 0.3 is 12.1 Å². The van der Waals surface area contributed by atoms with E-state index in [4.69, 9.17) is 4.74 Å². The van der Waals surface area contributed by atoms with Gasteiger partial charge in [-0.25, -0.2) is 9.69 Å². The van der Waals surface area contributed by atoms with Crippen LogP contribution >= 0.6 is 0 Å². The van der Waals surface area contributed by atoms with E-state index in [9.17, 15) is 14.4 Å². The van der Waals surface area contributed by atoms with E-state index in [0.29, 0.717) is 6.42 Å². The number of hydrogen-bond acceptors (Lipinski definition) is 5. The second kappa shape index (κ2) is 5.59. The summed E-state index contributed by atoms with van der Waals surface area (Å²) in [5.74, 6) is -2.21. The minimum absolute atomic E-state index is 0.140. The lowest BCUT2D eigenvalue weighted by Crippen LogP contribution is -2.52. The van der Waals surface area contributed by atoms with Crippen LogP contribution in [0.3, 0.4) is 0 Å². The Balaban J connectivity index is 2.85. The minimum Gasteiger partial charge on any atom is -0.468 e. The molecule has 1 saturated heterocycles. The molecule has 19 heavy (non-hydrogen) atoms. The SMILES string of the molecule is COC(=O)C1C(=O)N(C(=O)OC(C)(C)C)CCC1C. The van der Waals surface area contributed by atoms with Crippen LogP contribution in [0.25, 0.3) is 0 Å². The van der Waals surface area contributed by atoms with Gasteiger partial charge < -0.3 is 9.47 Å². The van der Waals surface area contributed by atoms with Crippen molar-refractivity contribution in [1.82, 2.24) is 4.90 Å². The minimum atomic E-state index is -0.925. The third kappa shape index (κ3) is 3.68. The van der Waals surface area contributed by atoms with Crippen LogP contribution in [0.5, 0.6) is 0 Å². The maximum absolute atomic E-state index is 12.2. The molecule has 2 unspecified atom stereocenters. The predicted octanol–water partition coefficient (Wildman–Crippen LogP) is 1.58. The summed E-state index contributed by atoms with van der Waals surface area (Å²) in [5, 5.41) is 0. The summed E-state index contributed by atoms with van der Waals surface area (Å²) in [6, 6.07) is 0. The Hall–Kier alpha value is -1.59. The van der Waals surface area contributed by atoms with E-state index in [1.807, 2.05) is 0 Å². The first-order valence-corrected chi connectivity index (χ1v) is 6.29. The lowest BCUT2D eigenvalue weighted by molar-refractivity contribution is -0.158. The van der Waals surface area contributed by atoms with E-state index in [1.54, 1.807) is 27.7 Å². The van der Waals surface area contributed by atoms with Gasteiger partial charge in [0.1, 0.15) is 11.5 Å². The third-order valence-electron chi connectivity index (χ3n) is 2.98. The lowest BCUT2D eigenvalue weighted by Gasteiger charge is -2.34. The Morgan fingerprint density at radius 3 is 2.37 bits per heavy atom. The van der Waals surface area contributed by atoms with E-state index >= 15 is 0 Å². The van der Waals surface area contributed by atoms with Gasteiger partial charge in [-0.05, 0) is 33.1 Å². The molecule has 0 aliphatic carbocycles. The number of carbonyl (C=O) groups is 3. The Morgan fingerprint density at radius 1 is 1.32 bits per heavy atom. The Bertz CT molecular complexity index is 385. The standard InChI is InChI=1S/C13H21NO5/c1-8-6-7-14(12(17)19-13(2,3)4)10(15)9(8)11(16)18-5/h8-9H,6-7H2,1-5H3. The fraction of sp³-hybridized carbons (Fsp3) is 0.769. The first-order chi connectivity index (χ1) is 8.67. The van der Waals surface area contributed by atoms with Crippen LogP contribution < -0.4 is 0 Å². The maximum Gasteiger partial charge on any atom is 0.417 e. The average Bonchev–Trinajstić information content (AvgIpc) is 2.26. The molecule has 0 aromatic rings. The molecule has 6 heteroatoms. The van der Waals surface area contributed by atoms with E-state index in [-0.39, 0.29) is 12.5 Å². The van der Waals surface area contributed by atoms with Gasteiger partial charge in [-0.2, -0.15) is 0 Å². The lowest BCUT2D eigenvalue weighted by atomic mass is 9.86. The van der Waals surface area contributed by atoms with Gasteiger partial charge in [-0.1, -0.05) is 6.92 Å². The largest absolute Gasteiger partial charge is 0.468 e. The first-order valence-electron chi connectivity index (χ1n) is 6.29. The number of hydrogen-bond donors (Lipinski definition) is 0. The van der Waals surface area contributed by atoms with Crippen LogP contribution in [-0.2, 0) is 19.1 Å². The van der Waals surface area contributed by atoms with Gasteiger partial charge in [0.15, 0.2) is 0 Å². The number of methoxy groups -OCH3 is 1. The molecule has 108 valence electrons. The molecule has 0 N–H and O–H groups in total. The quantitative estimate of drug-likeness (QED) is 0.535. The second-order valence-corrected chi connectivity index (χ2v) is 5.74. The Kier molecular flexibility index (Phi) is 4.55. The molecular formula is C13H21NO5. The molecule has 2 amide bonds. The molecule has 1 aliphatic rings. The Morgan fingerprint density at radius 2 is 1.89 bits per heavy atom. The molecule has 1 aliphatic heterocycles. The molecule has 1 fully saturated rings. The number of imide groups is 1. The zero-order chi connectivity index (χ0) is 14.8. The topological polar surface area (TPSA) is 72.9 Å². The number of likely N-dealkylation sites (tertiary alicyclic amines) is 1. The monoisotopic (exact) mass is 271 g/mol. The van der Waals surface area contributed by atoms with Crippen LogP contribution in [0.15, 0.2) is 0 Å². The van der Waals surface area contributed by atoms with Crippen molar-refractivity contribution in [3.8, 4) is 0 Å². The van der Waals surface area contributed by atoms with Gasteiger partial charge in [-0.15, -0.1) is 0 Å². The second-order valence-electron chi connectivity index (χ2n) is 5.74. The molecule has 0 radical (unpaired) electrons. The summed E-state index contributed by atoms with van der Waals surface area (Å²) < 4.78 is 9.78. The Labute approximate surface area is 113 Å². The zero-order valence-electron chi connectivity index (χ0n) is 12.1. The smallest absolute Gasteiger partial charge is 0.417 e. The number of rotatable bonds is 1. The highest BCUT2D eigenvalue weighted by molar-refractivity contribution is 6.04. The molecule has 1 heterocycles. The normalized spacial score (nSPS) is 24.1. The molecular weight excluding hydrogens is 250 g/mol. The van der Waals surface area contributed by atoms with Gasteiger partial charge in [0.2, 0.25) is 5.91 Å². The van der Waals surface area contributed by atoms with Crippen LogP contribution in [0.2, 0.25) is 0 Å². The zero-order valence-corrected chi connectivity index (χ0v) is 12.1. The number of ether oxygens (including phenoxy) is 2. The van der Waals surface area contributed by atoms with Crippen LogP contribution in [0, 0.1) is 11.8 Å². The van der Waals surface area contributed by atoms with E-state index in [2.05, 4.69) is 4.74 Å². The third-order valence-corrected chi connectivity index (χ3v) is 2.98. The fourth-order valence-electron chi connectivity index (χ4n) is 1.98. The summed E-state index contributed by atoms with van der Waals surface area (Å²) in [4.78, 5) is 36.7.